The number of nitrogens with one attached hydrogen (secondary N) is 2. The molecule has 0 heterocycles. The number of rotatable bonds is 6. The summed E-state index contributed by atoms with van der Waals surface area (Å²) >= 11 is 1.57. The molecule has 0 radical (unpaired) electrons. The molecule has 2 N–H and O–H groups in total. The maximum atomic E-state index is 12.4. The van der Waals surface area contributed by atoms with Crippen LogP contribution >= 0.6 is 11.8 Å². The van der Waals surface area contributed by atoms with E-state index in [0.717, 1.165) is 15.4 Å². The smallest absolute Gasteiger partial charge is 0.252 e. The van der Waals surface area contributed by atoms with E-state index in [0.29, 0.717) is 18.7 Å². The van der Waals surface area contributed by atoms with Crippen molar-refractivity contribution in [3.05, 3.63) is 59.7 Å². The summed E-state index contributed by atoms with van der Waals surface area (Å²) in [6.45, 7) is 4.29. The van der Waals surface area contributed by atoms with Crippen LogP contribution in [0.2, 0.25) is 0 Å². The fourth-order valence-electron chi connectivity index (χ4n) is 2.03. The molecular weight excluding hydrogens is 308 g/mol. The number of carbonyl (C=O) groups is 2. The van der Waals surface area contributed by atoms with Crippen LogP contribution in [0.3, 0.4) is 0 Å². The van der Waals surface area contributed by atoms with E-state index in [1.54, 1.807) is 11.8 Å². The average Bonchev–Trinajstić information content (AvgIpc) is 2.52. The molecule has 23 heavy (non-hydrogen) atoms. The Morgan fingerprint density at radius 2 is 1.70 bits per heavy atom. The lowest BCUT2D eigenvalue weighted by Crippen LogP contribution is -2.33. The van der Waals surface area contributed by atoms with Crippen molar-refractivity contribution < 1.29 is 9.59 Å². The van der Waals surface area contributed by atoms with Gasteiger partial charge in [-0.2, -0.15) is 0 Å². The van der Waals surface area contributed by atoms with E-state index in [9.17, 15) is 9.59 Å². The topological polar surface area (TPSA) is 58.2 Å². The van der Waals surface area contributed by atoms with Crippen molar-refractivity contribution in [3.63, 3.8) is 0 Å². The van der Waals surface area contributed by atoms with Gasteiger partial charge in [-0.1, -0.05) is 36.0 Å². The molecule has 2 rings (SSSR count). The monoisotopic (exact) mass is 328 g/mol. The maximum absolute atomic E-state index is 12.4. The highest BCUT2D eigenvalue weighted by Gasteiger charge is 2.12. The predicted octanol–water partition coefficient (Wildman–Crippen LogP) is 3.01. The fraction of sp³-hybridized carbons (Fsp3) is 0.222. The van der Waals surface area contributed by atoms with Gasteiger partial charge in [0.05, 0.1) is 5.56 Å². The third kappa shape index (κ3) is 5.45. The summed E-state index contributed by atoms with van der Waals surface area (Å²) in [6.07, 6.45) is 0. The van der Waals surface area contributed by atoms with Gasteiger partial charge in [-0.15, -0.1) is 0 Å². The highest BCUT2D eigenvalue weighted by molar-refractivity contribution is 7.99. The van der Waals surface area contributed by atoms with E-state index < -0.39 is 0 Å². The molecule has 0 saturated heterocycles. The van der Waals surface area contributed by atoms with Crippen LogP contribution in [0.1, 0.15) is 22.8 Å². The standard InChI is InChI=1S/C18H20N2O2S/c1-13-8-9-16(18(22)20-11-10-19-14(2)21)17(12-13)23-15-6-4-3-5-7-15/h3-9,12H,10-11H2,1-2H3,(H,19,21)(H,20,22). The van der Waals surface area contributed by atoms with Gasteiger partial charge in [0.15, 0.2) is 0 Å². The first-order chi connectivity index (χ1) is 11.1. The van der Waals surface area contributed by atoms with Gasteiger partial charge < -0.3 is 10.6 Å². The maximum Gasteiger partial charge on any atom is 0.252 e. The van der Waals surface area contributed by atoms with Gasteiger partial charge in [-0.3, -0.25) is 9.59 Å². The molecule has 0 unspecified atom stereocenters. The van der Waals surface area contributed by atoms with E-state index in [1.165, 1.54) is 6.92 Å². The van der Waals surface area contributed by atoms with Crippen LogP contribution in [-0.2, 0) is 4.79 Å². The molecule has 0 aliphatic rings. The van der Waals surface area contributed by atoms with Crippen LogP contribution in [0, 0.1) is 6.92 Å². The second kappa shape index (κ2) is 8.39. The second-order valence-corrected chi connectivity index (χ2v) is 6.27. The van der Waals surface area contributed by atoms with Crippen molar-refractivity contribution in [3.8, 4) is 0 Å². The van der Waals surface area contributed by atoms with Gasteiger partial charge in [0.2, 0.25) is 5.91 Å². The fourth-order valence-corrected chi connectivity index (χ4v) is 3.09. The molecule has 0 fully saturated rings. The van der Waals surface area contributed by atoms with E-state index in [4.69, 9.17) is 0 Å². The summed E-state index contributed by atoms with van der Waals surface area (Å²) in [5.74, 6) is -0.233. The molecule has 0 atom stereocenters. The summed E-state index contributed by atoms with van der Waals surface area (Å²) in [4.78, 5) is 25.2. The first kappa shape index (κ1) is 17.1. The number of carbonyl (C=O) groups excluding carboxylic acids is 2. The molecule has 0 aliphatic carbocycles. The molecule has 2 amide bonds. The first-order valence-electron chi connectivity index (χ1n) is 7.42. The minimum Gasteiger partial charge on any atom is -0.355 e. The van der Waals surface area contributed by atoms with Gasteiger partial charge in [0, 0.05) is 29.8 Å². The minimum atomic E-state index is -0.131. The molecule has 4 nitrogen and oxygen atoms in total. The molecule has 2 aromatic carbocycles. The van der Waals surface area contributed by atoms with E-state index >= 15 is 0 Å². The van der Waals surface area contributed by atoms with Crippen LogP contribution < -0.4 is 10.6 Å². The Kier molecular flexibility index (Phi) is 6.23. The normalized spacial score (nSPS) is 10.2. The average molecular weight is 328 g/mol. The number of hydrogen-bond acceptors (Lipinski definition) is 3. The van der Waals surface area contributed by atoms with Crippen LogP contribution in [-0.4, -0.2) is 24.9 Å². The Morgan fingerprint density at radius 3 is 2.39 bits per heavy atom. The number of hydrogen-bond donors (Lipinski definition) is 2. The van der Waals surface area contributed by atoms with Crippen LogP contribution in [0.4, 0.5) is 0 Å². The lowest BCUT2D eigenvalue weighted by Gasteiger charge is -2.11. The van der Waals surface area contributed by atoms with Gasteiger partial charge in [-0.05, 0) is 36.8 Å². The Bertz CT molecular complexity index is 687. The summed E-state index contributed by atoms with van der Waals surface area (Å²) in [5, 5.41) is 5.49. The Labute approximate surface area is 140 Å². The summed E-state index contributed by atoms with van der Waals surface area (Å²) in [5.41, 5.74) is 1.76. The van der Waals surface area contributed by atoms with Gasteiger partial charge in [0.25, 0.3) is 5.91 Å². The molecule has 0 spiro atoms. The summed E-state index contributed by atoms with van der Waals surface area (Å²) < 4.78 is 0. The highest BCUT2D eigenvalue weighted by Crippen LogP contribution is 2.31. The number of benzene rings is 2. The zero-order valence-corrected chi connectivity index (χ0v) is 14.1. The SMILES string of the molecule is CC(=O)NCCNC(=O)c1ccc(C)cc1Sc1ccccc1. The largest absolute Gasteiger partial charge is 0.355 e. The lowest BCUT2D eigenvalue weighted by molar-refractivity contribution is -0.118. The Balaban J connectivity index is 2.08. The van der Waals surface area contributed by atoms with Crippen molar-refractivity contribution in [1.82, 2.24) is 10.6 Å². The van der Waals surface area contributed by atoms with Crippen LogP contribution in [0.15, 0.2) is 58.3 Å². The quantitative estimate of drug-likeness (QED) is 0.802. The van der Waals surface area contributed by atoms with E-state index in [-0.39, 0.29) is 11.8 Å². The summed E-state index contributed by atoms with van der Waals surface area (Å²) in [6, 6.07) is 15.7. The Hall–Kier alpha value is -2.27. The zero-order chi connectivity index (χ0) is 16.7. The zero-order valence-electron chi connectivity index (χ0n) is 13.3. The summed E-state index contributed by atoms with van der Waals surface area (Å²) in [7, 11) is 0. The molecule has 2 aromatic rings. The van der Waals surface area contributed by atoms with Gasteiger partial charge in [-0.25, -0.2) is 0 Å². The van der Waals surface area contributed by atoms with Crippen molar-refractivity contribution in [2.45, 2.75) is 23.6 Å². The second-order valence-electron chi connectivity index (χ2n) is 5.15. The molecule has 5 heteroatoms. The number of aryl methyl sites for hydroxylation is 1. The van der Waals surface area contributed by atoms with Gasteiger partial charge in [0.1, 0.15) is 0 Å². The van der Waals surface area contributed by atoms with Crippen LogP contribution in [0.5, 0.6) is 0 Å². The molecule has 0 bridgehead atoms. The third-order valence-electron chi connectivity index (χ3n) is 3.14. The van der Waals surface area contributed by atoms with Crippen molar-refractivity contribution in [2.75, 3.05) is 13.1 Å². The third-order valence-corrected chi connectivity index (χ3v) is 4.20. The van der Waals surface area contributed by atoms with Crippen LogP contribution in [0.25, 0.3) is 0 Å². The molecule has 0 saturated carbocycles. The number of amides is 2. The van der Waals surface area contributed by atoms with Gasteiger partial charge >= 0.3 is 0 Å². The Morgan fingerprint density at radius 1 is 1.00 bits per heavy atom. The molecule has 0 aliphatic heterocycles. The minimum absolute atomic E-state index is 0.102. The van der Waals surface area contributed by atoms with E-state index in [2.05, 4.69) is 10.6 Å². The van der Waals surface area contributed by atoms with E-state index in [1.807, 2.05) is 55.5 Å². The van der Waals surface area contributed by atoms with Crippen molar-refractivity contribution in [1.29, 1.82) is 0 Å². The molecule has 0 aromatic heterocycles. The molecule has 120 valence electrons. The highest BCUT2D eigenvalue weighted by atomic mass is 32.2. The van der Waals surface area contributed by atoms with Crippen molar-refractivity contribution >= 4 is 23.6 Å². The lowest BCUT2D eigenvalue weighted by atomic mass is 10.1. The first-order valence-corrected chi connectivity index (χ1v) is 8.24. The molecular formula is C18H20N2O2S. The predicted molar refractivity (Wildman–Crippen MR) is 92.8 cm³/mol. The van der Waals surface area contributed by atoms with Crippen molar-refractivity contribution in [2.24, 2.45) is 0 Å².